The van der Waals surface area contributed by atoms with Crippen molar-refractivity contribution < 1.29 is 23.1 Å². The quantitative estimate of drug-likeness (QED) is 0.569. The van der Waals surface area contributed by atoms with Crippen LogP contribution >= 0.6 is 0 Å². The van der Waals surface area contributed by atoms with Crippen molar-refractivity contribution in [2.75, 3.05) is 32.6 Å². The lowest BCUT2D eigenvalue weighted by Gasteiger charge is -2.21. The molecule has 6 nitrogen and oxygen atoms in total. The van der Waals surface area contributed by atoms with Crippen LogP contribution in [0.2, 0.25) is 0 Å². The first kappa shape index (κ1) is 16.3. The molecule has 0 aliphatic carbocycles. The van der Waals surface area contributed by atoms with E-state index in [2.05, 4.69) is 5.32 Å². The molecule has 0 heterocycles. The van der Waals surface area contributed by atoms with Gasteiger partial charge in [-0.1, -0.05) is 0 Å². The standard InChI is InChI=1S/C10H21NO5S/c1-10(2,17(3,14)15)9(13)11-5-4-7-16-8-6-12/h12H,4-8H2,1-3H3,(H,11,13). The molecular weight excluding hydrogens is 246 g/mol. The van der Waals surface area contributed by atoms with E-state index in [-0.39, 0.29) is 13.2 Å². The van der Waals surface area contributed by atoms with E-state index in [4.69, 9.17) is 9.84 Å². The van der Waals surface area contributed by atoms with Gasteiger partial charge in [0.05, 0.1) is 13.2 Å². The van der Waals surface area contributed by atoms with Crippen LogP contribution in [0.1, 0.15) is 20.3 Å². The van der Waals surface area contributed by atoms with Crippen molar-refractivity contribution in [3.63, 3.8) is 0 Å². The molecule has 0 radical (unpaired) electrons. The van der Waals surface area contributed by atoms with Gasteiger partial charge in [0.15, 0.2) is 9.84 Å². The maximum Gasteiger partial charge on any atom is 0.240 e. The summed E-state index contributed by atoms with van der Waals surface area (Å²) in [5.41, 5.74) is 0. The molecule has 0 bridgehead atoms. The summed E-state index contributed by atoms with van der Waals surface area (Å²) in [7, 11) is -3.43. The summed E-state index contributed by atoms with van der Waals surface area (Å²) in [5.74, 6) is -0.512. The maximum atomic E-state index is 11.6. The molecule has 7 heteroatoms. The van der Waals surface area contributed by atoms with Gasteiger partial charge in [-0.25, -0.2) is 8.42 Å². The molecule has 2 N–H and O–H groups in total. The van der Waals surface area contributed by atoms with E-state index < -0.39 is 20.5 Å². The second kappa shape index (κ2) is 6.93. The maximum absolute atomic E-state index is 11.6. The zero-order valence-electron chi connectivity index (χ0n) is 10.5. The SMILES string of the molecule is CC(C)(C(=O)NCCCOCCO)S(C)(=O)=O. The molecule has 102 valence electrons. The Balaban J connectivity index is 3.96. The van der Waals surface area contributed by atoms with Gasteiger partial charge in [0.2, 0.25) is 5.91 Å². The Bertz CT molecular complexity index is 337. The Morgan fingerprint density at radius 3 is 2.41 bits per heavy atom. The van der Waals surface area contributed by atoms with Crippen molar-refractivity contribution in [3.8, 4) is 0 Å². The van der Waals surface area contributed by atoms with Gasteiger partial charge in [-0.3, -0.25) is 4.79 Å². The Kier molecular flexibility index (Phi) is 6.66. The van der Waals surface area contributed by atoms with Crippen LogP contribution in [0.3, 0.4) is 0 Å². The van der Waals surface area contributed by atoms with Crippen molar-refractivity contribution in [1.82, 2.24) is 5.32 Å². The van der Waals surface area contributed by atoms with Crippen LogP contribution < -0.4 is 5.32 Å². The zero-order valence-corrected chi connectivity index (χ0v) is 11.3. The van der Waals surface area contributed by atoms with Crippen LogP contribution in [-0.2, 0) is 19.4 Å². The molecule has 0 aromatic rings. The number of amides is 1. The van der Waals surface area contributed by atoms with Crippen LogP contribution in [-0.4, -0.2) is 56.8 Å². The largest absolute Gasteiger partial charge is 0.394 e. The minimum Gasteiger partial charge on any atom is -0.394 e. The predicted octanol–water partition coefficient (Wildman–Crippen LogP) is -0.675. The first-order valence-corrected chi connectivity index (χ1v) is 7.29. The van der Waals surface area contributed by atoms with Gasteiger partial charge in [-0.2, -0.15) is 0 Å². The molecule has 0 rings (SSSR count). The number of carbonyl (C=O) groups excluding carboxylic acids is 1. The number of carbonyl (C=O) groups is 1. The molecule has 0 saturated heterocycles. The fraction of sp³-hybridized carbons (Fsp3) is 0.900. The minimum absolute atomic E-state index is 0.0343. The lowest BCUT2D eigenvalue weighted by molar-refractivity contribution is -0.122. The third-order valence-corrected chi connectivity index (χ3v) is 4.50. The second-order valence-electron chi connectivity index (χ2n) is 4.23. The number of sulfone groups is 1. The Labute approximate surface area is 102 Å². The summed E-state index contributed by atoms with van der Waals surface area (Å²) in [4.78, 5) is 11.6. The van der Waals surface area contributed by atoms with Crippen LogP contribution in [0, 0.1) is 0 Å². The van der Waals surface area contributed by atoms with E-state index in [9.17, 15) is 13.2 Å². The monoisotopic (exact) mass is 267 g/mol. The summed E-state index contributed by atoms with van der Waals surface area (Å²) >= 11 is 0. The molecule has 0 aromatic heterocycles. The smallest absolute Gasteiger partial charge is 0.240 e. The highest BCUT2D eigenvalue weighted by atomic mass is 32.2. The normalized spacial score (nSPS) is 12.5. The molecule has 0 spiro atoms. The van der Waals surface area contributed by atoms with Gasteiger partial charge >= 0.3 is 0 Å². The van der Waals surface area contributed by atoms with Gasteiger partial charge in [0.25, 0.3) is 0 Å². The Morgan fingerprint density at radius 1 is 1.35 bits per heavy atom. The molecule has 1 amide bonds. The summed E-state index contributed by atoms with van der Waals surface area (Å²) in [5, 5.41) is 11.0. The summed E-state index contributed by atoms with van der Waals surface area (Å²) in [6.45, 7) is 3.75. The molecule has 0 fully saturated rings. The highest BCUT2D eigenvalue weighted by Gasteiger charge is 2.37. The summed E-state index contributed by atoms with van der Waals surface area (Å²) in [6, 6.07) is 0. The molecule has 0 aromatic carbocycles. The number of nitrogens with one attached hydrogen (secondary N) is 1. The van der Waals surface area contributed by atoms with E-state index >= 15 is 0 Å². The lowest BCUT2D eigenvalue weighted by Crippen LogP contribution is -2.47. The van der Waals surface area contributed by atoms with Crippen molar-refractivity contribution in [1.29, 1.82) is 0 Å². The second-order valence-corrected chi connectivity index (χ2v) is 6.79. The van der Waals surface area contributed by atoms with Crippen LogP contribution in [0.15, 0.2) is 0 Å². The predicted molar refractivity (Wildman–Crippen MR) is 64.5 cm³/mol. The third-order valence-electron chi connectivity index (χ3n) is 2.46. The highest BCUT2D eigenvalue weighted by molar-refractivity contribution is 7.92. The number of aliphatic hydroxyl groups excluding tert-OH is 1. The summed E-state index contributed by atoms with van der Waals surface area (Å²) < 4.78 is 26.3. The number of ether oxygens (including phenoxy) is 1. The zero-order chi connectivity index (χ0) is 13.5. The van der Waals surface area contributed by atoms with Gasteiger partial charge in [0, 0.05) is 19.4 Å². The third kappa shape index (κ3) is 5.47. The van der Waals surface area contributed by atoms with Crippen molar-refractivity contribution in [3.05, 3.63) is 0 Å². The van der Waals surface area contributed by atoms with Crippen LogP contribution in [0.25, 0.3) is 0 Å². The van der Waals surface area contributed by atoms with E-state index in [0.717, 1.165) is 6.26 Å². The van der Waals surface area contributed by atoms with E-state index in [1.54, 1.807) is 0 Å². The molecule has 17 heavy (non-hydrogen) atoms. The highest BCUT2D eigenvalue weighted by Crippen LogP contribution is 2.14. The van der Waals surface area contributed by atoms with Crippen LogP contribution in [0.4, 0.5) is 0 Å². The summed E-state index contributed by atoms with van der Waals surface area (Å²) in [6.07, 6.45) is 1.61. The number of rotatable bonds is 8. The first-order chi connectivity index (χ1) is 7.73. The van der Waals surface area contributed by atoms with E-state index in [0.29, 0.717) is 19.6 Å². The molecule has 0 saturated carbocycles. The molecule has 0 aliphatic rings. The van der Waals surface area contributed by atoms with Crippen molar-refractivity contribution in [2.24, 2.45) is 0 Å². The number of hydrogen-bond acceptors (Lipinski definition) is 5. The van der Waals surface area contributed by atoms with E-state index in [1.807, 2.05) is 0 Å². The Hall–Kier alpha value is -0.660. The molecule has 0 aliphatic heterocycles. The van der Waals surface area contributed by atoms with Gasteiger partial charge in [-0.15, -0.1) is 0 Å². The van der Waals surface area contributed by atoms with Gasteiger partial charge < -0.3 is 15.2 Å². The van der Waals surface area contributed by atoms with Gasteiger partial charge in [0.1, 0.15) is 4.75 Å². The van der Waals surface area contributed by atoms with Gasteiger partial charge in [-0.05, 0) is 20.3 Å². The molecule has 0 unspecified atom stereocenters. The molecule has 0 atom stereocenters. The number of aliphatic hydroxyl groups is 1. The average Bonchev–Trinajstić information content (AvgIpc) is 2.21. The minimum atomic E-state index is -3.43. The fourth-order valence-electron chi connectivity index (χ4n) is 0.924. The lowest BCUT2D eigenvalue weighted by atomic mass is 10.2. The van der Waals surface area contributed by atoms with Crippen molar-refractivity contribution >= 4 is 15.7 Å². The number of hydrogen-bond donors (Lipinski definition) is 2. The van der Waals surface area contributed by atoms with Crippen LogP contribution in [0.5, 0.6) is 0 Å². The topological polar surface area (TPSA) is 92.7 Å². The average molecular weight is 267 g/mol. The van der Waals surface area contributed by atoms with E-state index in [1.165, 1.54) is 13.8 Å². The Morgan fingerprint density at radius 2 is 1.94 bits per heavy atom. The first-order valence-electron chi connectivity index (χ1n) is 5.40. The van der Waals surface area contributed by atoms with Crippen molar-refractivity contribution in [2.45, 2.75) is 25.0 Å². The fourth-order valence-corrected chi connectivity index (χ4v) is 1.33. The molecular formula is C10H21NO5S.